The first-order valence-electron chi connectivity index (χ1n) is 3.68. The van der Waals surface area contributed by atoms with E-state index in [4.69, 9.17) is 10.2 Å². The van der Waals surface area contributed by atoms with Crippen LogP contribution in [0.2, 0.25) is 0 Å². The molecular weight excluding hydrogens is 138 g/mol. The molecular formula is C9H13NO. The van der Waals surface area contributed by atoms with E-state index >= 15 is 0 Å². The van der Waals surface area contributed by atoms with E-state index in [0.29, 0.717) is 6.54 Å². The Morgan fingerprint density at radius 2 is 2.36 bits per heavy atom. The van der Waals surface area contributed by atoms with Gasteiger partial charge in [-0.3, -0.25) is 0 Å². The van der Waals surface area contributed by atoms with Crippen LogP contribution >= 0.6 is 0 Å². The standard InChI is InChI=1S/C9H13NO/c1-7(5-6-10)9-4-3-8(2)11-9/h3-4H,1,5-6,10H2,2H3. The van der Waals surface area contributed by atoms with Crippen molar-refractivity contribution in [3.8, 4) is 0 Å². The number of rotatable bonds is 3. The number of hydrogen-bond acceptors (Lipinski definition) is 2. The molecule has 2 N–H and O–H groups in total. The van der Waals surface area contributed by atoms with E-state index < -0.39 is 0 Å². The quantitative estimate of drug-likeness (QED) is 0.717. The zero-order valence-corrected chi connectivity index (χ0v) is 6.76. The average Bonchev–Trinajstić information content (AvgIpc) is 2.36. The molecule has 0 aliphatic carbocycles. The maximum Gasteiger partial charge on any atom is 0.129 e. The predicted octanol–water partition coefficient (Wildman–Crippen LogP) is 1.95. The van der Waals surface area contributed by atoms with Crippen LogP contribution in [0.1, 0.15) is 17.9 Å². The normalized spacial score (nSPS) is 10.0. The summed E-state index contributed by atoms with van der Waals surface area (Å²) in [5.41, 5.74) is 6.34. The van der Waals surface area contributed by atoms with Crippen LogP contribution in [0, 0.1) is 6.92 Å². The van der Waals surface area contributed by atoms with Crippen LogP contribution in [-0.4, -0.2) is 6.54 Å². The van der Waals surface area contributed by atoms with Crippen molar-refractivity contribution in [2.45, 2.75) is 13.3 Å². The van der Waals surface area contributed by atoms with Crippen molar-refractivity contribution in [3.63, 3.8) is 0 Å². The van der Waals surface area contributed by atoms with E-state index in [9.17, 15) is 0 Å². The topological polar surface area (TPSA) is 39.2 Å². The minimum atomic E-state index is 0.624. The van der Waals surface area contributed by atoms with Crippen LogP contribution in [0.4, 0.5) is 0 Å². The summed E-state index contributed by atoms with van der Waals surface area (Å²) >= 11 is 0. The largest absolute Gasteiger partial charge is 0.462 e. The van der Waals surface area contributed by atoms with E-state index in [-0.39, 0.29) is 0 Å². The summed E-state index contributed by atoms with van der Waals surface area (Å²) in [6, 6.07) is 3.85. The maximum atomic E-state index is 5.37. The van der Waals surface area contributed by atoms with Crippen molar-refractivity contribution in [1.82, 2.24) is 0 Å². The van der Waals surface area contributed by atoms with Crippen LogP contribution in [0.25, 0.3) is 5.57 Å². The van der Waals surface area contributed by atoms with Gasteiger partial charge in [0, 0.05) is 0 Å². The Bertz CT molecular complexity index is 250. The van der Waals surface area contributed by atoms with E-state index in [1.807, 2.05) is 19.1 Å². The highest BCUT2D eigenvalue weighted by atomic mass is 16.3. The average molecular weight is 151 g/mol. The lowest BCUT2D eigenvalue weighted by atomic mass is 10.2. The number of aryl methyl sites for hydroxylation is 1. The van der Waals surface area contributed by atoms with Crippen molar-refractivity contribution in [3.05, 3.63) is 30.2 Å². The lowest BCUT2D eigenvalue weighted by Gasteiger charge is -1.97. The molecule has 0 saturated heterocycles. The summed E-state index contributed by atoms with van der Waals surface area (Å²) in [5, 5.41) is 0. The summed E-state index contributed by atoms with van der Waals surface area (Å²) in [6.07, 6.45) is 0.799. The van der Waals surface area contributed by atoms with Crippen molar-refractivity contribution in [2.75, 3.05) is 6.54 Å². The Balaban J connectivity index is 2.69. The van der Waals surface area contributed by atoms with Crippen molar-refractivity contribution in [2.24, 2.45) is 5.73 Å². The van der Waals surface area contributed by atoms with Gasteiger partial charge in [0.15, 0.2) is 0 Å². The molecule has 0 aliphatic heterocycles. The molecule has 60 valence electrons. The summed E-state index contributed by atoms with van der Waals surface area (Å²) in [4.78, 5) is 0. The first kappa shape index (κ1) is 8.08. The molecule has 2 nitrogen and oxygen atoms in total. The Morgan fingerprint density at radius 3 is 2.82 bits per heavy atom. The molecule has 0 saturated carbocycles. The first-order valence-corrected chi connectivity index (χ1v) is 3.68. The third-order valence-corrected chi connectivity index (χ3v) is 1.53. The molecule has 0 radical (unpaired) electrons. The van der Waals surface area contributed by atoms with Gasteiger partial charge in [0.05, 0.1) is 0 Å². The van der Waals surface area contributed by atoms with Gasteiger partial charge < -0.3 is 10.2 Å². The lowest BCUT2D eigenvalue weighted by molar-refractivity contribution is 0.519. The molecule has 0 atom stereocenters. The van der Waals surface area contributed by atoms with Gasteiger partial charge in [-0.25, -0.2) is 0 Å². The van der Waals surface area contributed by atoms with Crippen LogP contribution < -0.4 is 5.73 Å². The summed E-state index contributed by atoms with van der Waals surface area (Å²) in [5.74, 6) is 1.77. The van der Waals surface area contributed by atoms with Crippen LogP contribution in [-0.2, 0) is 0 Å². The number of hydrogen-bond donors (Lipinski definition) is 1. The fourth-order valence-electron chi connectivity index (χ4n) is 0.922. The summed E-state index contributed by atoms with van der Waals surface area (Å²) in [6.45, 7) is 6.39. The summed E-state index contributed by atoms with van der Waals surface area (Å²) in [7, 11) is 0. The molecule has 0 aromatic carbocycles. The fourth-order valence-corrected chi connectivity index (χ4v) is 0.922. The maximum absolute atomic E-state index is 5.37. The summed E-state index contributed by atoms with van der Waals surface area (Å²) < 4.78 is 5.34. The fraction of sp³-hybridized carbons (Fsp3) is 0.333. The van der Waals surface area contributed by atoms with Gasteiger partial charge in [-0.15, -0.1) is 0 Å². The molecule has 2 heteroatoms. The molecule has 0 bridgehead atoms. The SMILES string of the molecule is C=C(CCN)c1ccc(C)o1. The molecule has 0 amide bonds. The molecule has 11 heavy (non-hydrogen) atoms. The zero-order chi connectivity index (χ0) is 8.27. The molecule has 0 aliphatic rings. The highest BCUT2D eigenvalue weighted by Gasteiger charge is 2.01. The Morgan fingerprint density at radius 1 is 1.64 bits per heavy atom. The lowest BCUT2D eigenvalue weighted by Crippen LogP contribution is -1.98. The minimum absolute atomic E-state index is 0.624. The molecule has 0 spiro atoms. The smallest absolute Gasteiger partial charge is 0.129 e. The van der Waals surface area contributed by atoms with Crippen molar-refractivity contribution < 1.29 is 4.42 Å². The second-order valence-corrected chi connectivity index (χ2v) is 2.55. The first-order chi connectivity index (χ1) is 5.24. The van der Waals surface area contributed by atoms with E-state index in [1.54, 1.807) is 0 Å². The predicted molar refractivity (Wildman–Crippen MR) is 46.2 cm³/mol. The molecule has 1 aromatic rings. The minimum Gasteiger partial charge on any atom is -0.462 e. The molecule has 1 aromatic heterocycles. The number of furan rings is 1. The monoisotopic (exact) mass is 151 g/mol. The molecule has 0 fully saturated rings. The van der Waals surface area contributed by atoms with Gasteiger partial charge >= 0.3 is 0 Å². The van der Waals surface area contributed by atoms with Gasteiger partial charge in [0.25, 0.3) is 0 Å². The Labute approximate surface area is 66.7 Å². The van der Waals surface area contributed by atoms with Crippen LogP contribution in [0.5, 0.6) is 0 Å². The van der Waals surface area contributed by atoms with Crippen molar-refractivity contribution >= 4 is 5.57 Å². The highest BCUT2D eigenvalue weighted by molar-refractivity contribution is 5.58. The molecule has 1 rings (SSSR count). The second kappa shape index (κ2) is 3.39. The van der Waals surface area contributed by atoms with Gasteiger partial charge in [-0.2, -0.15) is 0 Å². The van der Waals surface area contributed by atoms with Gasteiger partial charge in [0.1, 0.15) is 11.5 Å². The second-order valence-electron chi connectivity index (χ2n) is 2.55. The van der Waals surface area contributed by atoms with E-state index in [0.717, 1.165) is 23.5 Å². The van der Waals surface area contributed by atoms with Gasteiger partial charge in [-0.1, -0.05) is 6.58 Å². The van der Waals surface area contributed by atoms with Crippen LogP contribution in [0.3, 0.4) is 0 Å². The van der Waals surface area contributed by atoms with E-state index in [1.165, 1.54) is 0 Å². The Hall–Kier alpha value is -1.02. The van der Waals surface area contributed by atoms with Crippen LogP contribution in [0.15, 0.2) is 23.1 Å². The Kier molecular flexibility index (Phi) is 2.49. The molecule has 1 heterocycles. The number of nitrogens with two attached hydrogens (primary N) is 1. The van der Waals surface area contributed by atoms with E-state index in [2.05, 4.69) is 6.58 Å². The molecule has 0 unspecified atom stereocenters. The third kappa shape index (κ3) is 1.95. The van der Waals surface area contributed by atoms with Gasteiger partial charge in [0.2, 0.25) is 0 Å². The zero-order valence-electron chi connectivity index (χ0n) is 6.76. The third-order valence-electron chi connectivity index (χ3n) is 1.53. The van der Waals surface area contributed by atoms with Crippen molar-refractivity contribution in [1.29, 1.82) is 0 Å². The van der Waals surface area contributed by atoms with Gasteiger partial charge in [-0.05, 0) is 37.6 Å². The highest BCUT2D eigenvalue weighted by Crippen LogP contribution is 2.17.